The summed E-state index contributed by atoms with van der Waals surface area (Å²) in [5.41, 5.74) is 0.653. The quantitative estimate of drug-likeness (QED) is 0.547. The average molecular weight is 419 g/mol. The van der Waals surface area contributed by atoms with E-state index in [1.165, 1.54) is 0 Å². The van der Waals surface area contributed by atoms with Crippen LogP contribution in [0, 0.1) is 34.5 Å². The molecule has 0 aromatic rings. The second kappa shape index (κ2) is 9.20. The van der Waals surface area contributed by atoms with E-state index in [0.29, 0.717) is 22.7 Å². The largest absolute Gasteiger partial charge is 0.273 e. The number of hydrogen-bond acceptors (Lipinski definition) is 2. The molecule has 1 aliphatic heterocycles. The molecule has 0 aromatic carbocycles. The molecule has 2 saturated carbocycles. The highest BCUT2D eigenvalue weighted by Gasteiger charge is 2.40. The van der Waals surface area contributed by atoms with Crippen LogP contribution in [-0.4, -0.2) is 34.9 Å². The van der Waals surface area contributed by atoms with E-state index in [0.717, 1.165) is 77.3 Å². The Kier molecular flexibility index (Phi) is 7.24. The van der Waals surface area contributed by atoms with E-state index in [2.05, 4.69) is 41.5 Å². The van der Waals surface area contributed by atoms with Gasteiger partial charge in [-0.2, -0.15) is 0 Å². The number of rotatable bonds is 2. The third kappa shape index (κ3) is 5.40. The monoisotopic (exact) mass is 418 g/mol. The van der Waals surface area contributed by atoms with Gasteiger partial charge in [0.15, 0.2) is 0 Å². The molecule has 3 rings (SSSR count). The van der Waals surface area contributed by atoms with Crippen molar-refractivity contribution in [3.8, 4) is 0 Å². The van der Waals surface area contributed by atoms with Gasteiger partial charge in [-0.05, 0) is 86.9 Å². The Morgan fingerprint density at radius 1 is 0.567 bits per heavy atom. The van der Waals surface area contributed by atoms with Crippen LogP contribution >= 0.6 is 0 Å². The van der Waals surface area contributed by atoms with Gasteiger partial charge < -0.3 is 0 Å². The van der Waals surface area contributed by atoms with Crippen molar-refractivity contribution in [3.63, 3.8) is 0 Å². The van der Waals surface area contributed by atoms with Gasteiger partial charge in [0.1, 0.15) is 0 Å². The Bertz CT molecular complexity index is 546. The highest BCUT2D eigenvalue weighted by Crippen LogP contribution is 2.42. The maximum atomic E-state index is 13.4. The lowest BCUT2D eigenvalue weighted by atomic mass is 9.69. The Balaban J connectivity index is 1.60. The molecule has 4 heteroatoms. The van der Waals surface area contributed by atoms with Gasteiger partial charge in [-0.3, -0.25) is 19.6 Å². The molecule has 30 heavy (non-hydrogen) atoms. The van der Waals surface area contributed by atoms with E-state index >= 15 is 0 Å². The second-order valence-corrected chi connectivity index (χ2v) is 12.5. The van der Waals surface area contributed by atoms with Crippen molar-refractivity contribution < 1.29 is 9.59 Å². The Labute approximate surface area is 185 Å². The molecule has 2 amide bonds. The molecule has 0 aromatic heterocycles. The predicted molar refractivity (Wildman–Crippen MR) is 122 cm³/mol. The minimum Gasteiger partial charge on any atom is -0.273 e. The first-order chi connectivity index (χ1) is 14.0. The van der Waals surface area contributed by atoms with Gasteiger partial charge in [0.25, 0.3) is 0 Å². The summed E-state index contributed by atoms with van der Waals surface area (Å²) < 4.78 is 0. The van der Waals surface area contributed by atoms with Crippen molar-refractivity contribution in [2.75, 3.05) is 13.1 Å². The SMILES string of the molecule is CC(C)(C)C1CCC(C(=O)N2CCCCN2C(=O)C2CCC(C(C)(C)C)CC2)CC1. The molecule has 0 N–H and O–H groups in total. The van der Waals surface area contributed by atoms with Crippen molar-refractivity contribution in [3.05, 3.63) is 0 Å². The normalized spacial score (nSPS) is 31.5. The molecular formula is C26H46N2O2. The predicted octanol–water partition coefficient (Wildman–Crippen LogP) is 6.06. The molecule has 0 radical (unpaired) electrons. The van der Waals surface area contributed by atoms with Crippen LogP contribution in [0.2, 0.25) is 0 Å². The van der Waals surface area contributed by atoms with Crippen LogP contribution in [0.25, 0.3) is 0 Å². The smallest absolute Gasteiger partial charge is 0.244 e. The van der Waals surface area contributed by atoms with Crippen molar-refractivity contribution in [2.45, 2.75) is 106 Å². The standard InChI is InChI=1S/C26H46N2O2/c1-25(2,3)21-13-9-19(10-14-21)23(29)27-17-7-8-18-28(27)24(30)20-11-15-22(16-12-20)26(4,5)6/h19-22H,7-18H2,1-6H3. The zero-order chi connectivity index (χ0) is 22.1. The number of hydrazine groups is 1. The Hall–Kier alpha value is -1.06. The fraction of sp³-hybridized carbons (Fsp3) is 0.923. The first-order valence-corrected chi connectivity index (χ1v) is 12.6. The summed E-state index contributed by atoms with van der Waals surface area (Å²) in [5.74, 6) is 2.07. The minimum absolute atomic E-state index is 0.105. The molecule has 1 saturated heterocycles. The van der Waals surface area contributed by atoms with Gasteiger partial charge in [0, 0.05) is 24.9 Å². The number of carbonyl (C=O) groups excluding carboxylic acids is 2. The van der Waals surface area contributed by atoms with Gasteiger partial charge in [-0.25, -0.2) is 0 Å². The second-order valence-electron chi connectivity index (χ2n) is 12.5. The van der Waals surface area contributed by atoms with Crippen LogP contribution in [-0.2, 0) is 9.59 Å². The zero-order valence-corrected chi connectivity index (χ0v) is 20.5. The van der Waals surface area contributed by atoms with Crippen LogP contribution in [0.15, 0.2) is 0 Å². The van der Waals surface area contributed by atoms with Gasteiger partial charge >= 0.3 is 0 Å². The highest BCUT2D eigenvalue weighted by molar-refractivity contribution is 5.85. The fourth-order valence-electron chi connectivity index (χ4n) is 6.06. The lowest BCUT2D eigenvalue weighted by Gasteiger charge is -2.44. The maximum absolute atomic E-state index is 13.4. The molecule has 0 atom stereocenters. The molecule has 172 valence electrons. The molecule has 0 bridgehead atoms. The van der Waals surface area contributed by atoms with Gasteiger partial charge in [0.05, 0.1) is 0 Å². The summed E-state index contributed by atoms with van der Waals surface area (Å²) >= 11 is 0. The van der Waals surface area contributed by atoms with Crippen LogP contribution in [0.5, 0.6) is 0 Å². The summed E-state index contributed by atoms with van der Waals surface area (Å²) in [6.45, 7) is 15.4. The van der Waals surface area contributed by atoms with Crippen LogP contribution in [0.3, 0.4) is 0 Å². The average Bonchev–Trinajstić information content (AvgIpc) is 2.71. The maximum Gasteiger partial charge on any atom is 0.244 e. The van der Waals surface area contributed by atoms with E-state index in [4.69, 9.17) is 0 Å². The molecule has 3 aliphatic rings. The van der Waals surface area contributed by atoms with E-state index in [1.54, 1.807) is 0 Å². The first-order valence-electron chi connectivity index (χ1n) is 12.6. The third-order valence-electron chi connectivity index (χ3n) is 8.39. The first kappa shape index (κ1) is 23.6. The molecular weight excluding hydrogens is 372 g/mol. The van der Waals surface area contributed by atoms with E-state index in [-0.39, 0.29) is 23.7 Å². The summed E-state index contributed by atoms with van der Waals surface area (Å²) in [5, 5.41) is 3.73. The molecule has 1 heterocycles. The van der Waals surface area contributed by atoms with E-state index < -0.39 is 0 Å². The summed E-state index contributed by atoms with van der Waals surface area (Å²) in [6, 6.07) is 0. The topological polar surface area (TPSA) is 40.6 Å². The molecule has 2 aliphatic carbocycles. The lowest BCUT2D eigenvalue weighted by Crippen LogP contribution is -2.56. The molecule has 4 nitrogen and oxygen atoms in total. The Morgan fingerprint density at radius 3 is 1.13 bits per heavy atom. The third-order valence-corrected chi connectivity index (χ3v) is 8.39. The van der Waals surface area contributed by atoms with Crippen molar-refractivity contribution in [1.82, 2.24) is 10.0 Å². The van der Waals surface area contributed by atoms with Crippen LogP contribution < -0.4 is 0 Å². The summed E-state index contributed by atoms with van der Waals surface area (Å²) in [6.07, 6.45) is 10.5. The number of amides is 2. The van der Waals surface area contributed by atoms with Gasteiger partial charge in [0.2, 0.25) is 11.8 Å². The number of carbonyl (C=O) groups is 2. The molecule has 3 fully saturated rings. The van der Waals surface area contributed by atoms with E-state index in [9.17, 15) is 9.59 Å². The van der Waals surface area contributed by atoms with Gasteiger partial charge in [-0.1, -0.05) is 41.5 Å². The molecule has 0 spiro atoms. The Morgan fingerprint density at radius 2 is 0.867 bits per heavy atom. The highest BCUT2D eigenvalue weighted by atomic mass is 16.2. The van der Waals surface area contributed by atoms with Crippen molar-refractivity contribution >= 4 is 11.8 Å². The van der Waals surface area contributed by atoms with Crippen LogP contribution in [0.1, 0.15) is 106 Å². The number of nitrogens with zero attached hydrogens (tertiary/aromatic N) is 2. The summed E-state index contributed by atoms with van der Waals surface area (Å²) in [7, 11) is 0. The van der Waals surface area contributed by atoms with Crippen LogP contribution in [0.4, 0.5) is 0 Å². The number of hydrogen-bond donors (Lipinski definition) is 0. The minimum atomic E-state index is 0.105. The zero-order valence-electron chi connectivity index (χ0n) is 20.5. The lowest BCUT2D eigenvalue weighted by molar-refractivity contribution is -0.175. The van der Waals surface area contributed by atoms with Crippen molar-refractivity contribution in [1.29, 1.82) is 0 Å². The van der Waals surface area contributed by atoms with E-state index in [1.807, 2.05) is 10.0 Å². The van der Waals surface area contributed by atoms with Crippen molar-refractivity contribution in [2.24, 2.45) is 34.5 Å². The summed E-state index contributed by atoms with van der Waals surface area (Å²) in [4.78, 5) is 26.8. The van der Waals surface area contributed by atoms with Gasteiger partial charge in [-0.15, -0.1) is 0 Å². The fourth-order valence-corrected chi connectivity index (χ4v) is 6.06. The molecule has 0 unspecified atom stereocenters.